The van der Waals surface area contributed by atoms with Gasteiger partial charge in [-0.1, -0.05) is 58.0 Å². The topological polar surface area (TPSA) is 9.23 Å². The van der Waals surface area contributed by atoms with E-state index in [9.17, 15) is 0 Å². The van der Waals surface area contributed by atoms with Gasteiger partial charge in [0.15, 0.2) is 0 Å². The first-order chi connectivity index (χ1) is 6.98. The van der Waals surface area contributed by atoms with Crippen LogP contribution in [-0.4, -0.2) is 15.4 Å². The molecular weight excluding hydrogens is 200 g/mol. The Kier molecular flexibility index (Phi) is 3.74. The molecular formula is C13H22OSi. The zero-order chi connectivity index (χ0) is 11.5. The minimum Gasteiger partial charge on any atom is -0.415 e. The predicted molar refractivity (Wildman–Crippen MR) is 69.0 cm³/mol. The van der Waals surface area contributed by atoms with Gasteiger partial charge in [-0.2, -0.15) is 0 Å². The van der Waals surface area contributed by atoms with Crippen molar-refractivity contribution in [3.05, 3.63) is 30.3 Å². The average Bonchev–Trinajstić information content (AvgIpc) is 2.20. The van der Waals surface area contributed by atoms with Gasteiger partial charge in [-0.3, -0.25) is 0 Å². The molecule has 0 spiro atoms. The molecule has 1 unspecified atom stereocenters. The molecule has 0 aliphatic carbocycles. The average molecular weight is 222 g/mol. The van der Waals surface area contributed by atoms with Crippen molar-refractivity contribution in [2.24, 2.45) is 0 Å². The lowest BCUT2D eigenvalue weighted by atomic mass is 10.2. The molecule has 0 aliphatic rings. The fourth-order valence-electron chi connectivity index (χ4n) is 2.44. The first-order valence-corrected chi connectivity index (χ1v) is 7.70. The summed E-state index contributed by atoms with van der Waals surface area (Å²) in [5, 5.41) is 1.64. The molecule has 0 saturated heterocycles. The van der Waals surface area contributed by atoms with Crippen LogP contribution in [0.2, 0.25) is 11.1 Å². The van der Waals surface area contributed by atoms with Crippen molar-refractivity contribution in [3.63, 3.8) is 0 Å². The van der Waals surface area contributed by atoms with E-state index >= 15 is 0 Å². The summed E-state index contributed by atoms with van der Waals surface area (Å²) >= 11 is 0. The van der Waals surface area contributed by atoms with Crippen molar-refractivity contribution >= 4 is 13.5 Å². The summed E-state index contributed by atoms with van der Waals surface area (Å²) in [6, 6.07) is 11.8. The normalized spacial score (nSPS) is 16.1. The first-order valence-electron chi connectivity index (χ1n) is 5.58. The zero-order valence-electron chi connectivity index (χ0n) is 10.5. The molecule has 0 radical (unpaired) electrons. The standard InChI is InChI=1S/C13H22OSi/c1-6-15(14-5,13(2,3)4)12-10-8-7-9-11-12/h7-11H,6H2,1-5H3. The summed E-state index contributed by atoms with van der Waals surface area (Å²) in [4.78, 5) is 0. The molecule has 1 atom stereocenters. The van der Waals surface area contributed by atoms with Crippen molar-refractivity contribution in [3.8, 4) is 0 Å². The van der Waals surface area contributed by atoms with Crippen LogP contribution in [0.4, 0.5) is 0 Å². The summed E-state index contributed by atoms with van der Waals surface area (Å²) < 4.78 is 5.98. The first kappa shape index (κ1) is 12.5. The molecule has 1 aromatic rings. The molecule has 0 aromatic heterocycles. The van der Waals surface area contributed by atoms with E-state index in [4.69, 9.17) is 4.43 Å². The van der Waals surface area contributed by atoms with Crippen LogP contribution < -0.4 is 5.19 Å². The summed E-state index contributed by atoms with van der Waals surface area (Å²) in [5.41, 5.74) is 0. The lowest BCUT2D eigenvalue weighted by molar-refractivity contribution is 0.374. The second-order valence-electron chi connectivity index (χ2n) is 5.00. The van der Waals surface area contributed by atoms with E-state index in [1.165, 1.54) is 5.19 Å². The molecule has 0 fully saturated rings. The van der Waals surface area contributed by atoms with E-state index in [1.807, 2.05) is 7.11 Å². The van der Waals surface area contributed by atoms with Gasteiger partial charge >= 0.3 is 0 Å². The van der Waals surface area contributed by atoms with Crippen LogP contribution in [-0.2, 0) is 4.43 Å². The molecule has 1 aromatic carbocycles. The minimum absolute atomic E-state index is 0.234. The van der Waals surface area contributed by atoms with Crippen LogP contribution in [0.5, 0.6) is 0 Å². The third-order valence-corrected chi connectivity index (χ3v) is 8.68. The Balaban J connectivity index is 3.24. The number of benzene rings is 1. The van der Waals surface area contributed by atoms with Gasteiger partial charge in [0, 0.05) is 7.11 Å². The van der Waals surface area contributed by atoms with Crippen molar-refractivity contribution in [2.45, 2.75) is 38.8 Å². The van der Waals surface area contributed by atoms with Gasteiger partial charge < -0.3 is 4.43 Å². The Morgan fingerprint density at radius 3 is 2.00 bits per heavy atom. The van der Waals surface area contributed by atoms with Gasteiger partial charge in [0.05, 0.1) is 0 Å². The van der Waals surface area contributed by atoms with Crippen molar-refractivity contribution in [2.75, 3.05) is 7.11 Å². The molecule has 0 bridgehead atoms. The van der Waals surface area contributed by atoms with Crippen molar-refractivity contribution in [1.82, 2.24) is 0 Å². The third-order valence-electron chi connectivity index (χ3n) is 3.30. The lowest BCUT2D eigenvalue weighted by Gasteiger charge is -2.40. The Morgan fingerprint density at radius 2 is 1.67 bits per heavy atom. The maximum absolute atomic E-state index is 5.98. The highest BCUT2D eigenvalue weighted by Gasteiger charge is 2.45. The minimum atomic E-state index is -1.82. The van der Waals surface area contributed by atoms with Gasteiger partial charge in [0.25, 0.3) is 0 Å². The molecule has 0 saturated carbocycles. The molecule has 84 valence electrons. The Bertz CT molecular complexity index is 296. The highest BCUT2D eigenvalue weighted by atomic mass is 28.4. The molecule has 1 rings (SSSR count). The predicted octanol–water partition coefficient (Wildman–Crippen LogP) is 3.31. The van der Waals surface area contributed by atoms with Gasteiger partial charge in [-0.15, -0.1) is 0 Å². The molecule has 2 heteroatoms. The van der Waals surface area contributed by atoms with Gasteiger partial charge in [-0.25, -0.2) is 0 Å². The van der Waals surface area contributed by atoms with Gasteiger partial charge in [-0.05, 0) is 16.3 Å². The van der Waals surface area contributed by atoms with E-state index in [0.717, 1.165) is 6.04 Å². The van der Waals surface area contributed by atoms with E-state index in [-0.39, 0.29) is 5.04 Å². The van der Waals surface area contributed by atoms with Crippen molar-refractivity contribution in [1.29, 1.82) is 0 Å². The van der Waals surface area contributed by atoms with E-state index < -0.39 is 8.32 Å². The zero-order valence-corrected chi connectivity index (χ0v) is 11.5. The summed E-state index contributed by atoms with van der Waals surface area (Å²) in [7, 11) is 0.0479. The molecule has 0 aliphatic heterocycles. The Hall–Kier alpha value is -0.603. The van der Waals surface area contributed by atoms with Crippen LogP contribution in [0.15, 0.2) is 30.3 Å². The fraction of sp³-hybridized carbons (Fsp3) is 0.538. The van der Waals surface area contributed by atoms with Crippen LogP contribution in [0.3, 0.4) is 0 Å². The molecule has 0 heterocycles. The van der Waals surface area contributed by atoms with Crippen molar-refractivity contribution < 1.29 is 4.43 Å². The second-order valence-corrected chi connectivity index (χ2v) is 9.85. The quantitative estimate of drug-likeness (QED) is 0.713. The summed E-state index contributed by atoms with van der Waals surface area (Å²) in [6.07, 6.45) is 0. The maximum Gasteiger partial charge on any atom is 0.228 e. The highest BCUT2D eigenvalue weighted by Crippen LogP contribution is 2.38. The fourth-order valence-corrected chi connectivity index (χ4v) is 6.65. The summed E-state index contributed by atoms with van der Waals surface area (Å²) in [6.45, 7) is 9.12. The molecule has 0 amide bonds. The smallest absolute Gasteiger partial charge is 0.228 e. The summed E-state index contributed by atoms with van der Waals surface area (Å²) in [5.74, 6) is 0. The van der Waals surface area contributed by atoms with Crippen LogP contribution in [0.1, 0.15) is 27.7 Å². The number of hydrogen-bond donors (Lipinski definition) is 0. The number of rotatable bonds is 3. The lowest BCUT2D eigenvalue weighted by Crippen LogP contribution is -2.56. The van der Waals surface area contributed by atoms with Crippen LogP contribution in [0, 0.1) is 0 Å². The second kappa shape index (κ2) is 4.50. The third kappa shape index (κ3) is 2.16. The van der Waals surface area contributed by atoms with Crippen LogP contribution in [0.25, 0.3) is 0 Å². The van der Waals surface area contributed by atoms with E-state index in [1.54, 1.807) is 0 Å². The highest BCUT2D eigenvalue weighted by molar-refractivity contribution is 6.88. The molecule has 15 heavy (non-hydrogen) atoms. The number of hydrogen-bond acceptors (Lipinski definition) is 1. The maximum atomic E-state index is 5.98. The largest absolute Gasteiger partial charge is 0.415 e. The van der Waals surface area contributed by atoms with Gasteiger partial charge in [0.2, 0.25) is 8.32 Å². The SMILES string of the molecule is CC[Si](OC)(c1ccccc1)C(C)(C)C. The molecule has 0 N–H and O–H groups in total. The van der Waals surface area contributed by atoms with E-state index in [0.29, 0.717) is 0 Å². The van der Waals surface area contributed by atoms with Gasteiger partial charge in [0.1, 0.15) is 0 Å². The molecule has 1 nitrogen and oxygen atoms in total. The van der Waals surface area contributed by atoms with E-state index in [2.05, 4.69) is 58.0 Å². The monoisotopic (exact) mass is 222 g/mol. The Morgan fingerprint density at radius 1 is 1.13 bits per heavy atom. The van der Waals surface area contributed by atoms with Crippen LogP contribution >= 0.6 is 0 Å². The Labute approximate surface area is 94.6 Å².